The van der Waals surface area contributed by atoms with Crippen molar-refractivity contribution in [1.82, 2.24) is 30.2 Å². The summed E-state index contributed by atoms with van der Waals surface area (Å²) in [4.78, 5) is 60.7. The number of likely N-dealkylation sites (N-methyl/N-ethyl adjacent to an activating group) is 1. The van der Waals surface area contributed by atoms with Crippen molar-refractivity contribution in [2.75, 3.05) is 27.3 Å². The molecule has 3 unspecified atom stereocenters. The molecule has 4 heterocycles. The number of aromatic nitrogens is 2. The number of ether oxygens (including phenoxy) is 2. The number of hydrogen-bond donors (Lipinski definition) is 2. The van der Waals surface area contributed by atoms with Crippen LogP contribution in [0.5, 0.6) is 0 Å². The Morgan fingerprint density at radius 1 is 1.09 bits per heavy atom. The van der Waals surface area contributed by atoms with Crippen LogP contribution in [0, 0.1) is 11.3 Å². The van der Waals surface area contributed by atoms with Crippen LogP contribution in [0.25, 0.3) is 33.3 Å². The third-order valence-corrected chi connectivity index (χ3v) is 12.3. The van der Waals surface area contributed by atoms with E-state index in [0.717, 1.165) is 82.3 Å². The molecule has 2 aliphatic heterocycles. The molecule has 1 saturated carbocycles. The largest absolute Gasteiger partial charge is 0.464 e. The number of methoxy groups -OCH3 is 1. The summed E-state index contributed by atoms with van der Waals surface area (Å²) < 4.78 is 14.3. The van der Waals surface area contributed by atoms with Crippen LogP contribution < -0.4 is 10.7 Å². The first-order valence-electron chi connectivity index (χ1n) is 20.9. The lowest BCUT2D eigenvalue weighted by Crippen LogP contribution is -2.62. The Kier molecular flexibility index (Phi) is 12.3. The van der Waals surface area contributed by atoms with Crippen LogP contribution in [-0.4, -0.2) is 89.1 Å². The summed E-state index contributed by atoms with van der Waals surface area (Å²) in [6.07, 6.45) is 7.87. The molecular weight excluding hydrogens is 733 g/mol. The van der Waals surface area contributed by atoms with E-state index in [1.54, 1.807) is 20.4 Å². The normalized spacial score (nSPS) is 21.2. The maximum absolute atomic E-state index is 14.5. The highest BCUT2D eigenvalue weighted by Gasteiger charge is 2.39. The Morgan fingerprint density at radius 2 is 1.86 bits per heavy atom. The summed E-state index contributed by atoms with van der Waals surface area (Å²) in [5.74, 6) is -1.09. The van der Waals surface area contributed by atoms with E-state index >= 15 is 0 Å². The number of hydrazine groups is 1. The fourth-order valence-electron chi connectivity index (χ4n) is 9.31. The molecule has 12 nitrogen and oxygen atoms in total. The highest BCUT2D eigenvalue weighted by molar-refractivity contribution is 5.95. The number of fused-ring (bicyclic) bond motifs is 6. The smallest absolute Gasteiger partial charge is 0.324 e. The molecule has 2 fully saturated rings. The summed E-state index contributed by atoms with van der Waals surface area (Å²) in [7, 11) is 3.33. The van der Waals surface area contributed by atoms with Crippen molar-refractivity contribution in [3.8, 4) is 22.4 Å². The number of esters is 1. The summed E-state index contributed by atoms with van der Waals surface area (Å²) in [5.41, 5.74) is 10.7. The molecule has 1 aliphatic carbocycles. The van der Waals surface area contributed by atoms with E-state index in [9.17, 15) is 19.2 Å². The van der Waals surface area contributed by atoms with Crippen molar-refractivity contribution >= 4 is 35.1 Å². The van der Waals surface area contributed by atoms with Gasteiger partial charge in [0.25, 0.3) is 5.91 Å². The molecule has 12 heteroatoms. The lowest BCUT2D eigenvalue weighted by molar-refractivity contribution is -0.155. The molecule has 2 aromatic heterocycles. The number of nitrogens with zero attached hydrogens (tertiary/aromatic N) is 4. The van der Waals surface area contributed by atoms with Crippen LogP contribution in [0.4, 0.5) is 0 Å². The van der Waals surface area contributed by atoms with E-state index in [4.69, 9.17) is 14.5 Å². The second kappa shape index (κ2) is 17.4. The molecule has 7 rings (SSSR count). The zero-order valence-electron chi connectivity index (χ0n) is 34.8. The highest BCUT2D eigenvalue weighted by atomic mass is 16.5. The molecule has 0 spiro atoms. The Bertz CT molecular complexity index is 2160. The zero-order valence-corrected chi connectivity index (χ0v) is 34.8. The summed E-state index contributed by atoms with van der Waals surface area (Å²) >= 11 is 0. The first kappa shape index (κ1) is 41.1. The van der Waals surface area contributed by atoms with Gasteiger partial charge in [0.05, 0.1) is 24.1 Å². The molecule has 6 bridgehead atoms. The van der Waals surface area contributed by atoms with Crippen LogP contribution in [0.1, 0.15) is 89.1 Å². The molecule has 0 radical (unpaired) electrons. The number of pyridine rings is 1. The first-order valence-corrected chi connectivity index (χ1v) is 20.9. The average Bonchev–Trinajstić information content (AvgIpc) is 3.87. The van der Waals surface area contributed by atoms with Crippen LogP contribution in [0.15, 0.2) is 60.8 Å². The van der Waals surface area contributed by atoms with Gasteiger partial charge in [-0.3, -0.25) is 29.2 Å². The van der Waals surface area contributed by atoms with Crippen LogP contribution >= 0.6 is 0 Å². The van der Waals surface area contributed by atoms with E-state index in [1.807, 2.05) is 25.1 Å². The number of benzene rings is 2. The number of rotatable bonds is 9. The van der Waals surface area contributed by atoms with Crippen molar-refractivity contribution in [3.05, 3.63) is 77.6 Å². The molecular formula is C46H58N6O6. The Hall–Kier alpha value is -5.07. The van der Waals surface area contributed by atoms with E-state index in [2.05, 4.69) is 72.5 Å². The van der Waals surface area contributed by atoms with E-state index in [0.29, 0.717) is 32.2 Å². The Balaban J connectivity index is 1.35. The topological polar surface area (TPSA) is 135 Å². The van der Waals surface area contributed by atoms with Gasteiger partial charge in [0.15, 0.2) is 0 Å². The predicted molar refractivity (Wildman–Crippen MR) is 223 cm³/mol. The van der Waals surface area contributed by atoms with Gasteiger partial charge >= 0.3 is 5.97 Å². The number of hydrogen-bond acceptors (Lipinski definition) is 8. The predicted octanol–water partition coefficient (Wildman–Crippen LogP) is 6.39. The molecule has 3 aliphatic rings. The second-order valence-electron chi connectivity index (χ2n) is 17.1. The lowest BCUT2D eigenvalue weighted by Gasteiger charge is -2.36. The maximum atomic E-state index is 14.5. The number of aryl methyl sites for hydroxylation is 1. The first-order chi connectivity index (χ1) is 27.9. The Morgan fingerprint density at radius 3 is 2.60 bits per heavy atom. The van der Waals surface area contributed by atoms with Crippen molar-refractivity contribution in [1.29, 1.82) is 0 Å². The molecule has 308 valence electrons. The third kappa shape index (κ3) is 8.40. The molecule has 2 aromatic carbocycles. The van der Waals surface area contributed by atoms with Gasteiger partial charge in [-0.15, -0.1) is 0 Å². The number of nitrogens with one attached hydrogen (secondary N) is 2. The van der Waals surface area contributed by atoms with Crippen LogP contribution in [-0.2, 0) is 48.0 Å². The summed E-state index contributed by atoms with van der Waals surface area (Å²) in [6, 6.07) is 16.4. The van der Waals surface area contributed by atoms with Crippen molar-refractivity contribution in [2.24, 2.45) is 11.3 Å². The summed E-state index contributed by atoms with van der Waals surface area (Å²) in [5, 5.41) is 5.65. The number of carbonyl (C=O) groups is 4. The minimum absolute atomic E-state index is 0.0142. The van der Waals surface area contributed by atoms with Gasteiger partial charge in [-0.25, -0.2) is 5.43 Å². The van der Waals surface area contributed by atoms with E-state index in [-0.39, 0.29) is 36.9 Å². The van der Waals surface area contributed by atoms with Gasteiger partial charge in [0.2, 0.25) is 12.3 Å². The van der Waals surface area contributed by atoms with Crippen molar-refractivity contribution < 1.29 is 28.7 Å². The molecule has 4 atom stereocenters. The van der Waals surface area contributed by atoms with Crippen molar-refractivity contribution in [3.63, 3.8) is 0 Å². The van der Waals surface area contributed by atoms with Gasteiger partial charge in [-0.1, -0.05) is 57.0 Å². The molecule has 3 amide bonds. The monoisotopic (exact) mass is 790 g/mol. The average molecular weight is 791 g/mol. The minimum Gasteiger partial charge on any atom is -0.464 e. The number of carbonyl (C=O) groups excluding carboxylic acids is 4. The lowest BCUT2D eigenvalue weighted by atomic mass is 9.84. The number of amides is 3. The minimum atomic E-state index is -0.954. The third-order valence-electron chi connectivity index (χ3n) is 12.3. The number of cyclic esters (lactones) is 1. The second-order valence-corrected chi connectivity index (χ2v) is 17.1. The zero-order chi connectivity index (χ0) is 41.1. The van der Waals surface area contributed by atoms with Crippen LogP contribution in [0.3, 0.4) is 0 Å². The van der Waals surface area contributed by atoms with E-state index < -0.39 is 29.5 Å². The SMILES string of the molecule is CCn1c(-c2cccnc2C(C)OC)c2c3cc(ccc31)-c1cccc(c1)CC(NC(=O)C(C1CCCC1)N(C)C=O)C(=O)N1CCC[C@H](N1)C(=O)OCC(C)(C)C2. The van der Waals surface area contributed by atoms with Gasteiger partial charge in [0, 0.05) is 61.7 Å². The Labute approximate surface area is 341 Å². The fraction of sp³-hybridized carbons (Fsp3) is 0.500. The quantitative estimate of drug-likeness (QED) is 0.147. The highest BCUT2D eigenvalue weighted by Crippen LogP contribution is 2.42. The molecule has 4 aromatic rings. The standard InChI is InChI=1S/C46H58N6O6/c1-7-51-39-20-19-33-25-35(39)36(42(51)34-17-11-21-47-40(34)29(2)57-6)26-46(3,4)27-58-45(56)37-18-12-22-52(49-37)44(55)38(24-30-13-10-16-32(33)23-30)48-43(54)41(50(5)28-53)31-14-8-9-15-31/h10-11,13,16-17,19-21,23,25,28-29,31,37-38,41,49H,7-9,12,14-15,18,22,24,26-27H2,1-6H3,(H,48,54)/t29?,37-,38?,41?/m0/s1. The van der Waals surface area contributed by atoms with Gasteiger partial charge < -0.3 is 24.3 Å². The molecule has 2 N–H and O–H groups in total. The maximum Gasteiger partial charge on any atom is 0.324 e. The fourth-order valence-corrected chi connectivity index (χ4v) is 9.31. The van der Waals surface area contributed by atoms with E-state index in [1.165, 1.54) is 9.91 Å². The van der Waals surface area contributed by atoms with Gasteiger partial charge in [0.1, 0.15) is 18.1 Å². The van der Waals surface area contributed by atoms with Gasteiger partial charge in [-0.2, -0.15) is 0 Å². The van der Waals surface area contributed by atoms with Gasteiger partial charge in [-0.05, 0) is 98.4 Å². The van der Waals surface area contributed by atoms with Crippen LogP contribution in [0.2, 0.25) is 0 Å². The molecule has 58 heavy (non-hydrogen) atoms. The van der Waals surface area contributed by atoms with Crippen molar-refractivity contribution in [2.45, 2.75) is 110 Å². The molecule has 1 saturated heterocycles. The summed E-state index contributed by atoms with van der Waals surface area (Å²) in [6.45, 7) is 9.65.